The van der Waals surface area contributed by atoms with Crippen molar-refractivity contribution in [3.63, 3.8) is 0 Å². The summed E-state index contributed by atoms with van der Waals surface area (Å²) in [7, 11) is 0. The van der Waals surface area contributed by atoms with Gasteiger partial charge in [-0.3, -0.25) is 0 Å². The summed E-state index contributed by atoms with van der Waals surface area (Å²) >= 11 is 0. The van der Waals surface area contributed by atoms with E-state index in [4.69, 9.17) is 9.47 Å². The van der Waals surface area contributed by atoms with Crippen LogP contribution in [-0.4, -0.2) is 48.3 Å². The molecular weight excluding hydrogens is 246 g/mol. The molecule has 6 heteroatoms. The lowest BCUT2D eigenvalue weighted by molar-refractivity contribution is -0.151. The van der Waals surface area contributed by atoms with Gasteiger partial charge in [0.05, 0.1) is 12.7 Å². The van der Waals surface area contributed by atoms with Gasteiger partial charge in [-0.2, -0.15) is 0 Å². The Morgan fingerprint density at radius 3 is 2.79 bits per heavy atom. The maximum atomic E-state index is 11.1. The normalized spacial score (nSPS) is 15.2. The highest BCUT2D eigenvalue weighted by molar-refractivity contribution is 5.70. The number of carbonyl (C=O) groups excluding carboxylic acids is 1. The predicted octanol–water partition coefficient (Wildman–Crippen LogP) is 0.862. The van der Waals surface area contributed by atoms with E-state index >= 15 is 0 Å². The minimum Gasteiger partial charge on any atom is -0.464 e. The summed E-state index contributed by atoms with van der Waals surface area (Å²) in [6, 6.07) is 1.95. The van der Waals surface area contributed by atoms with Crippen LogP contribution in [0.15, 0.2) is 6.07 Å². The van der Waals surface area contributed by atoms with Gasteiger partial charge in [-0.25, -0.2) is 14.8 Å². The third-order valence-electron chi connectivity index (χ3n) is 2.87. The van der Waals surface area contributed by atoms with Crippen LogP contribution in [0.3, 0.4) is 0 Å². The van der Waals surface area contributed by atoms with Gasteiger partial charge in [0.25, 0.3) is 0 Å². The van der Waals surface area contributed by atoms with Gasteiger partial charge in [0, 0.05) is 24.8 Å². The molecular formula is C13H19N3O3. The molecule has 1 aliphatic heterocycles. The fourth-order valence-corrected chi connectivity index (χ4v) is 1.98. The molecule has 19 heavy (non-hydrogen) atoms. The molecule has 6 nitrogen and oxygen atoms in total. The Balaban J connectivity index is 1.78. The summed E-state index contributed by atoms with van der Waals surface area (Å²) in [5, 5.41) is 0. The standard InChI is InChI=1S/C13H19N3O3/c1-4-18-13(17)8-19-11-6-16(7-11)12-5-9(2)14-10(3)15-12/h5,11H,4,6-8H2,1-3H3. The van der Waals surface area contributed by atoms with E-state index in [1.54, 1.807) is 6.92 Å². The second-order valence-corrected chi connectivity index (χ2v) is 4.56. The van der Waals surface area contributed by atoms with Crippen LogP contribution in [-0.2, 0) is 14.3 Å². The molecule has 0 N–H and O–H groups in total. The Hall–Kier alpha value is -1.69. The maximum absolute atomic E-state index is 11.1. The van der Waals surface area contributed by atoms with E-state index in [1.165, 1.54) is 0 Å². The number of hydrogen-bond donors (Lipinski definition) is 0. The first-order valence-corrected chi connectivity index (χ1v) is 6.43. The molecule has 0 aliphatic carbocycles. The van der Waals surface area contributed by atoms with Crippen LogP contribution < -0.4 is 4.90 Å². The first-order valence-electron chi connectivity index (χ1n) is 6.43. The zero-order valence-electron chi connectivity index (χ0n) is 11.5. The van der Waals surface area contributed by atoms with Gasteiger partial charge in [-0.1, -0.05) is 0 Å². The number of aromatic nitrogens is 2. The molecule has 2 heterocycles. The molecule has 1 fully saturated rings. The fourth-order valence-electron chi connectivity index (χ4n) is 1.98. The molecule has 1 aromatic heterocycles. The molecule has 0 amide bonds. The highest BCUT2D eigenvalue weighted by Crippen LogP contribution is 2.20. The molecule has 1 aromatic rings. The first-order chi connectivity index (χ1) is 9.08. The van der Waals surface area contributed by atoms with E-state index in [0.717, 1.165) is 30.4 Å². The summed E-state index contributed by atoms with van der Waals surface area (Å²) in [6.07, 6.45) is 0.0694. The molecule has 0 spiro atoms. The van der Waals surface area contributed by atoms with Gasteiger partial charge in [0.1, 0.15) is 18.2 Å². The first kappa shape index (κ1) is 13.7. The summed E-state index contributed by atoms with van der Waals surface area (Å²) < 4.78 is 10.3. The summed E-state index contributed by atoms with van der Waals surface area (Å²) in [5.74, 6) is 1.38. The van der Waals surface area contributed by atoms with Gasteiger partial charge in [-0.05, 0) is 20.8 Å². The van der Waals surface area contributed by atoms with Crippen LogP contribution in [0, 0.1) is 13.8 Å². The summed E-state index contributed by atoms with van der Waals surface area (Å²) in [6.45, 7) is 7.51. The van der Waals surface area contributed by atoms with E-state index in [-0.39, 0.29) is 18.7 Å². The molecule has 104 valence electrons. The van der Waals surface area contributed by atoms with E-state index in [9.17, 15) is 4.79 Å². The Bertz CT molecular complexity index is 438. The number of aryl methyl sites for hydroxylation is 2. The molecule has 1 saturated heterocycles. The number of esters is 1. The largest absolute Gasteiger partial charge is 0.464 e. The van der Waals surface area contributed by atoms with Crippen molar-refractivity contribution in [2.75, 3.05) is 31.2 Å². The van der Waals surface area contributed by atoms with Gasteiger partial charge >= 0.3 is 5.97 Å². The highest BCUT2D eigenvalue weighted by Gasteiger charge is 2.29. The van der Waals surface area contributed by atoms with E-state index < -0.39 is 0 Å². The zero-order valence-corrected chi connectivity index (χ0v) is 11.5. The quantitative estimate of drug-likeness (QED) is 0.736. The Morgan fingerprint density at radius 2 is 2.16 bits per heavy atom. The average molecular weight is 265 g/mol. The van der Waals surface area contributed by atoms with Crippen LogP contribution in [0.25, 0.3) is 0 Å². The van der Waals surface area contributed by atoms with Crippen molar-refractivity contribution in [1.29, 1.82) is 0 Å². The molecule has 0 aromatic carbocycles. The van der Waals surface area contributed by atoms with Crippen LogP contribution in [0.5, 0.6) is 0 Å². The SMILES string of the molecule is CCOC(=O)COC1CN(c2cc(C)nc(C)n2)C1. The number of nitrogens with zero attached hydrogens (tertiary/aromatic N) is 3. The van der Waals surface area contributed by atoms with E-state index in [2.05, 4.69) is 14.9 Å². The third-order valence-corrected chi connectivity index (χ3v) is 2.87. The minimum atomic E-state index is -0.310. The topological polar surface area (TPSA) is 64.6 Å². The van der Waals surface area contributed by atoms with Crippen molar-refractivity contribution in [2.24, 2.45) is 0 Å². The maximum Gasteiger partial charge on any atom is 0.332 e. The number of carbonyl (C=O) groups is 1. The Kier molecular flexibility index (Phi) is 4.31. The lowest BCUT2D eigenvalue weighted by Gasteiger charge is -2.39. The summed E-state index contributed by atoms with van der Waals surface area (Å²) in [4.78, 5) is 21.9. The number of hydrogen-bond acceptors (Lipinski definition) is 6. The van der Waals surface area contributed by atoms with Crippen LogP contribution in [0.2, 0.25) is 0 Å². The fraction of sp³-hybridized carbons (Fsp3) is 0.615. The molecule has 0 unspecified atom stereocenters. The average Bonchev–Trinajstić information content (AvgIpc) is 2.25. The summed E-state index contributed by atoms with van der Waals surface area (Å²) in [5.41, 5.74) is 0.957. The Morgan fingerprint density at radius 1 is 1.42 bits per heavy atom. The van der Waals surface area contributed by atoms with Crippen molar-refractivity contribution in [3.05, 3.63) is 17.6 Å². The molecule has 1 aliphatic rings. The number of anilines is 1. The molecule has 0 atom stereocenters. The molecule has 0 radical (unpaired) electrons. The minimum absolute atomic E-state index is 0.0220. The number of rotatable bonds is 5. The van der Waals surface area contributed by atoms with E-state index in [1.807, 2.05) is 19.9 Å². The zero-order chi connectivity index (χ0) is 13.8. The highest BCUT2D eigenvalue weighted by atomic mass is 16.6. The predicted molar refractivity (Wildman–Crippen MR) is 70.1 cm³/mol. The van der Waals surface area contributed by atoms with Crippen molar-refractivity contribution >= 4 is 11.8 Å². The number of ether oxygens (including phenoxy) is 2. The Labute approximate surface area is 112 Å². The van der Waals surface area contributed by atoms with Crippen LogP contribution >= 0.6 is 0 Å². The third kappa shape index (κ3) is 3.64. The van der Waals surface area contributed by atoms with Gasteiger partial charge in [0.2, 0.25) is 0 Å². The van der Waals surface area contributed by atoms with Crippen molar-refractivity contribution in [3.8, 4) is 0 Å². The van der Waals surface area contributed by atoms with Gasteiger partial charge in [0.15, 0.2) is 0 Å². The van der Waals surface area contributed by atoms with Gasteiger partial charge < -0.3 is 14.4 Å². The second kappa shape index (κ2) is 5.97. The molecule has 0 bridgehead atoms. The smallest absolute Gasteiger partial charge is 0.332 e. The van der Waals surface area contributed by atoms with Crippen molar-refractivity contribution < 1.29 is 14.3 Å². The van der Waals surface area contributed by atoms with Crippen LogP contribution in [0.1, 0.15) is 18.4 Å². The van der Waals surface area contributed by atoms with Crippen molar-refractivity contribution in [2.45, 2.75) is 26.9 Å². The molecule has 0 saturated carbocycles. The van der Waals surface area contributed by atoms with Gasteiger partial charge in [-0.15, -0.1) is 0 Å². The van der Waals surface area contributed by atoms with Crippen LogP contribution in [0.4, 0.5) is 5.82 Å². The van der Waals surface area contributed by atoms with Crippen molar-refractivity contribution in [1.82, 2.24) is 9.97 Å². The van der Waals surface area contributed by atoms with E-state index in [0.29, 0.717) is 6.61 Å². The molecule has 2 rings (SSSR count). The lowest BCUT2D eigenvalue weighted by atomic mass is 10.1. The second-order valence-electron chi connectivity index (χ2n) is 4.56. The lowest BCUT2D eigenvalue weighted by Crippen LogP contribution is -2.53. The monoisotopic (exact) mass is 265 g/mol.